The number of rotatable bonds is 7. The number of carboxylic acid groups (broad SMARTS) is 1. The lowest BCUT2D eigenvalue weighted by molar-refractivity contribution is -0.386. The van der Waals surface area contributed by atoms with Gasteiger partial charge < -0.3 is 15.3 Å². The minimum absolute atomic E-state index is 0.366. The zero-order chi connectivity index (χ0) is 16.2. The molecule has 0 radical (unpaired) electrons. The fourth-order valence-corrected chi connectivity index (χ4v) is 2.68. The van der Waals surface area contributed by atoms with Crippen molar-refractivity contribution < 1.29 is 33.5 Å². The fourth-order valence-electron chi connectivity index (χ4n) is 1.43. The lowest BCUT2D eigenvalue weighted by Gasteiger charge is -2.13. The molecular formula is C10H12N2O8S. The van der Waals surface area contributed by atoms with Crippen molar-refractivity contribution in [3.8, 4) is 5.75 Å². The van der Waals surface area contributed by atoms with Crippen LogP contribution in [0.15, 0.2) is 23.1 Å². The number of nitrogens with one attached hydrogen (secondary N) is 1. The monoisotopic (exact) mass is 320 g/mol. The van der Waals surface area contributed by atoms with Gasteiger partial charge in [-0.05, 0) is 18.6 Å². The molecule has 116 valence electrons. The number of nitro groups is 1. The van der Waals surface area contributed by atoms with Gasteiger partial charge in [0.05, 0.1) is 9.82 Å². The van der Waals surface area contributed by atoms with Crippen LogP contribution in [-0.2, 0) is 14.8 Å². The number of carbonyl (C=O) groups is 1. The van der Waals surface area contributed by atoms with Crippen molar-refractivity contribution in [3.63, 3.8) is 0 Å². The van der Waals surface area contributed by atoms with E-state index in [0.29, 0.717) is 6.07 Å². The highest BCUT2D eigenvalue weighted by atomic mass is 32.2. The number of phenolic OH excluding ortho intramolecular Hbond substituents is 1. The average Bonchev–Trinajstić information content (AvgIpc) is 2.37. The lowest BCUT2D eigenvalue weighted by atomic mass is 10.2. The van der Waals surface area contributed by atoms with Gasteiger partial charge in [-0.15, -0.1) is 0 Å². The maximum absolute atomic E-state index is 11.9. The van der Waals surface area contributed by atoms with Gasteiger partial charge in [-0.1, -0.05) is 0 Å². The van der Waals surface area contributed by atoms with Gasteiger partial charge in [-0.3, -0.25) is 14.9 Å². The second-order valence-electron chi connectivity index (χ2n) is 3.93. The van der Waals surface area contributed by atoms with E-state index in [4.69, 9.17) is 10.2 Å². The SMILES string of the molecule is O=C(O)[C@H](CCO)NS(=O)(=O)c1ccc(O)c([N+](=O)[O-])c1. The van der Waals surface area contributed by atoms with Crippen LogP contribution in [0.1, 0.15) is 6.42 Å². The summed E-state index contributed by atoms with van der Waals surface area (Å²) in [7, 11) is -4.36. The third kappa shape index (κ3) is 4.11. The summed E-state index contributed by atoms with van der Waals surface area (Å²) < 4.78 is 25.7. The molecule has 0 aromatic heterocycles. The maximum atomic E-state index is 11.9. The normalized spacial score (nSPS) is 12.8. The van der Waals surface area contributed by atoms with Crippen LogP contribution < -0.4 is 4.72 Å². The summed E-state index contributed by atoms with van der Waals surface area (Å²) in [5.74, 6) is -2.22. The van der Waals surface area contributed by atoms with Crippen LogP contribution in [-0.4, -0.2) is 47.3 Å². The van der Waals surface area contributed by atoms with Gasteiger partial charge in [0, 0.05) is 12.7 Å². The number of aliphatic carboxylic acids is 1. The summed E-state index contributed by atoms with van der Waals surface area (Å²) in [5.41, 5.74) is -0.827. The average molecular weight is 320 g/mol. The van der Waals surface area contributed by atoms with E-state index in [1.54, 1.807) is 4.72 Å². The van der Waals surface area contributed by atoms with Crippen molar-refractivity contribution in [1.29, 1.82) is 0 Å². The number of nitro benzene ring substituents is 1. The van der Waals surface area contributed by atoms with Crippen molar-refractivity contribution in [2.75, 3.05) is 6.61 Å². The molecule has 21 heavy (non-hydrogen) atoms. The first-order valence-corrected chi connectivity index (χ1v) is 7.00. The quantitative estimate of drug-likeness (QED) is 0.382. The Morgan fingerprint density at radius 3 is 2.52 bits per heavy atom. The van der Waals surface area contributed by atoms with Crippen LogP contribution in [0.3, 0.4) is 0 Å². The Hall–Kier alpha value is -2.24. The van der Waals surface area contributed by atoms with Crippen molar-refractivity contribution >= 4 is 21.7 Å². The summed E-state index contributed by atoms with van der Waals surface area (Å²) in [6.45, 7) is -0.560. The first-order chi connectivity index (χ1) is 9.69. The van der Waals surface area contributed by atoms with E-state index in [2.05, 4.69) is 0 Å². The molecule has 0 aliphatic rings. The predicted molar refractivity (Wildman–Crippen MR) is 68.2 cm³/mol. The highest BCUT2D eigenvalue weighted by Gasteiger charge is 2.27. The van der Waals surface area contributed by atoms with E-state index >= 15 is 0 Å². The number of aliphatic hydroxyl groups is 1. The van der Waals surface area contributed by atoms with Crippen molar-refractivity contribution in [2.45, 2.75) is 17.4 Å². The second-order valence-corrected chi connectivity index (χ2v) is 5.65. The number of aliphatic hydroxyl groups excluding tert-OH is 1. The highest BCUT2D eigenvalue weighted by Crippen LogP contribution is 2.28. The number of carboxylic acids is 1. The summed E-state index contributed by atoms with van der Waals surface area (Å²) in [5, 5.41) is 37.4. The standard InChI is InChI=1S/C10H12N2O8S/c13-4-3-7(10(15)16)11-21(19,20)6-1-2-9(14)8(5-6)12(17)18/h1-2,5,7,11,13-14H,3-4H2,(H,15,16)/t7-/m0/s1. The molecule has 11 heteroatoms. The molecule has 0 heterocycles. The van der Waals surface area contributed by atoms with E-state index in [1.807, 2.05) is 0 Å². The number of hydrogen-bond donors (Lipinski definition) is 4. The molecular weight excluding hydrogens is 308 g/mol. The van der Waals surface area contributed by atoms with Crippen LogP contribution >= 0.6 is 0 Å². The molecule has 10 nitrogen and oxygen atoms in total. The number of phenols is 1. The molecule has 4 N–H and O–H groups in total. The van der Waals surface area contributed by atoms with Gasteiger partial charge in [-0.2, -0.15) is 4.72 Å². The zero-order valence-electron chi connectivity index (χ0n) is 10.5. The lowest BCUT2D eigenvalue weighted by Crippen LogP contribution is -2.41. The third-order valence-corrected chi connectivity index (χ3v) is 3.94. The van der Waals surface area contributed by atoms with E-state index < -0.39 is 49.9 Å². The van der Waals surface area contributed by atoms with Gasteiger partial charge in [0.1, 0.15) is 6.04 Å². The van der Waals surface area contributed by atoms with Gasteiger partial charge in [0.25, 0.3) is 0 Å². The van der Waals surface area contributed by atoms with Gasteiger partial charge in [0.2, 0.25) is 10.0 Å². The fraction of sp³-hybridized carbons (Fsp3) is 0.300. The first-order valence-electron chi connectivity index (χ1n) is 5.52. The van der Waals surface area contributed by atoms with Crippen molar-refractivity contribution in [3.05, 3.63) is 28.3 Å². The zero-order valence-corrected chi connectivity index (χ0v) is 11.3. The first kappa shape index (κ1) is 16.8. The molecule has 0 amide bonds. The number of sulfonamides is 1. The Bertz CT molecular complexity index is 657. The molecule has 1 aromatic rings. The molecule has 1 atom stereocenters. The van der Waals surface area contributed by atoms with E-state index in [9.17, 15) is 28.4 Å². The third-order valence-electron chi connectivity index (χ3n) is 2.47. The minimum atomic E-state index is -4.36. The Balaban J connectivity index is 3.16. The van der Waals surface area contributed by atoms with E-state index in [1.165, 1.54) is 0 Å². The van der Waals surface area contributed by atoms with Crippen LogP contribution in [0.5, 0.6) is 5.75 Å². The van der Waals surface area contributed by atoms with E-state index in [0.717, 1.165) is 12.1 Å². The molecule has 0 aliphatic carbocycles. The molecule has 0 unspecified atom stereocenters. The minimum Gasteiger partial charge on any atom is -0.502 e. The number of hydrogen-bond acceptors (Lipinski definition) is 7. The Labute approximate surface area is 118 Å². The second kappa shape index (κ2) is 6.47. The highest BCUT2D eigenvalue weighted by molar-refractivity contribution is 7.89. The number of aromatic hydroxyl groups is 1. The summed E-state index contributed by atoms with van der Waals surface area (Å²) in [4.78, 5) is 19.9. The molecule has 0 spiro atoms. The Morgan fingerprint density at radius 2 is 2.05 bits per heavy atom. The molecule has 0 bridgehead atoms. The smallest absolute Gasteiger partial charge is 0.321 e. The molecule has 0 fully saturated rings. The molecule has 1 aromatic carbocycles. The Kier molecular flexibility index (Phi) is 5.18. The van der Waals surface area contributed by atoms with E-state index in [-0.39, 0.29) is 6.42 Å². The van der Waals surface area contributed by atoms with Crippen molar-refractivity contribution in [1.82, 2.24) is 4.72 Å². The molecule has 0 saturated carbocycles. The predicted octanol–water partition coefficient (Wildman–Crippen LogP) is -0.586. The van der Waals surface area contributed by atoms with Gasteiger partial charge in [-0.25, -0.2) is 8.42 Å². The largest absolute Gasteiger partial charge is 0.502 e. The van der Waals surface area contributed by atoms with Crippen LogP contribution in [0.4, 0.5) is 5.69 Å². The van der Waals surface area contributed by atoms with Gasteiger partial charge >= 0.3 is 11.7 Å². The Morgan fingerprint density at radius 1 is 1.43 bits per heavy atom. The van der Waals surface area contributed by atoms with Crippen molar-refractivity contribution in [2.24, 2.45) is 0 Å². The molecule has 0 saturated heterocycles. The van der Waals surface area contributed by atoms with Crippen LogP contribution in [0.2, 0.25) is 0 Å². The molecule has 0 aliphatic heterocycles. The number of nitrogens with zero attached hydrogens (tertiary/aromatic N) is 1. The van der Waals surface area contributed by atoms with Crippen LogP contribution in [0, 0.1) is 10.1 Å². The topological polar surface area (TPSA) is 167 Å². The van der Waals surface area contributed by atoms with Gasteiger partial charge in [0.15, 0.2) is 5.75 Å². The molecule has 1 rings (SSSR count). The van der Waals surface area contributed by atoms with Crippen LogP contribution in [0.25, 0.3) is 0 Å². The summed E-state index contributed by atoms with van der Waals surface area (Å²) >= 11 is 0. The maximum Gasteiger partial charge on any atom is 0.321 e. The number of benzene rings is 1. The summed E-state index contributed by atoms with van der Waals surface area (Å²) in [6, 6.07) is 0.736. The summed E-state index contributed by atoms with van der Waals surface area (Å²) in [6.07, 6.45) is -0.366.